The van der Waals surface area contributed by atoms with Gasteiger partial charge in [-0.05, 0) is 42.8 Å². The molecular formula is C27H34N2O3. The summed E-state index contributed by atoms with van der Waals surface area (Å²) in [5.41, 5.74) is 4.84. The molecule has 0 amide bonds. The van der Waals surface area contributed by atoms with Crippen molar-refractivity contribution < 1.29 is 14.6 Å². The topological polar surface area (TPSA) is 54.0 Å². The van der Waals surface area contributed by atoms with Gasteiger partial charge in [0.15, 0.2) is 11.5 Å². The van der Waals surface area contributed by atoms with E-state index in [1.165, 1.54) is 16.7 Å². The van der Waals surface area contributed by atoms with Crippen molar-refractivity contribution in [3.8, 4) is 11.5 Å². The van der Waals surface area contributed by atoms with Crippen LogP contribution in [0.3, 0.4) is 0 Å². The molecule has 1 atom stereocenters. The van der Waals surface area contributed by atoms with Crippen LogP contribution in [0.1, 0.15) is 22.3 Å². The number of aryl methyl sites for hydroxylation is 1. The molecule has 0 aliphatic heterocycles. The number of hydrogen-bond acceptors (Lipinski definition) is 5. The molecule has 3 aromatic rings. The third kappa shape index (κ3) is 7.68. The molecule has 32 heavy (non-hydrogen) atoms. The predicted octanol–water partition coefficient (Wildman–Crippen LogP) is 4.17. The van der Waals surface area contributed by atoms with Crippen LogP contribution >= 0.6 is 0 Å². The number of methoxy groups -OCH3 is 1. The first-order chi connectivity index (χ1) is 15.5. The van der Waals surface area contributed by atoms with Crippen LogP contribution in [0.25, 0.3) is 0 Å². The fourth-order valence-electron chi connectivity index (χ4n) is 3.68. The Kier molecular flexibility index (Phi) is 9.11. The molecule has 0 aromatic heterocycles. The highest BCUT2D eigenvalue weighted by Gasteiger charge is 2.12. The van der Waals surface area contributed by atoms with E-state index in [2.05, 4.69) is 53.5 Å². The van der Waals surface area contributed by atoms with Crippen molar-refractivity contribution in [2.45, 2.75) is 32.7 Å². The zero-order chi connectivity index (χ0) is 22.8. The van der Waals surface area contributed by atoms with Gasteiger partial charge in [-0.15, -0.1) is 0 Å². The molecule has 0 radical (unpaired) electrons. The van der Waals surface area contributed by atoms with Gasteiger partial charge < -0.3 is 19.9 Å². The van der Waals surface area contributed by atoms with Crippen molar-refractivity contribution in [2.75, 3.05) is 27.3 Å². The van der Waals surface area contributed by atoms with Gasteiger partial charge in [-0.25, -0.2) is 0 Å². The summed E-state index contributed by atoms with van der Waals surface area (Å²) in [6.45, 7) is 5.13. The van der Waals surface area contributed by atoms with E-state index >= 15 is 0 Å². The highest BCUT2D eigenvalue weighted by atomic mass is 16.5. The zero-order valence-electron chi connectivity index (χ0n) is 19.3. The smallest absolute Gasteiger partial charge is 0.161 e. The molecule has 0 aliphatic rings. The number of hydrogen-bond donors (Lipinski definition) is 2. The van der Waals surface area contributed by atoms with E-state index in [0.29, 0.717) is 18.0 Å². The average molecular weight is 435 g/mol. The minimum atomic E-state index is -0.600. The van der Waals surface area contributed by atoms with Crippen molar-refractivity contribution in [1.29, 1.82) is 0 Å². The maximum absolute atomic E-state index is 10.5. The number of nitrogens with zero attached hydrogens (tertiary/aromatic N) is 1. The number of nitrogens with one attached hydrogen (secondary N) is 1. The third-order valence-electron chi connectivity index (χ3n) is 5.22. The zero-order valence-corrected chi connectivity index (χ0v) is 19.3. The summed E-state index contributed by atoms with van der Waals surface area (Å²) in [6.07, 6.45) is -0.600. The number of ether oxygens (including phenoxy) is 2. The van der Waals surface area contributed by atoms with Gasteiger partial charge in [0.1, 0.15) is 12.7 Å². The molecule has 0 bridgehead atoms. The number of benzene rings is 3. The predicted molar refractivity (Wildman–Crippen MR) is 129 cm³/mol. The average Bonchev–Trinajstić information content (AvgIpc) is 2.78. The fourth-order valence-corrected chi connectivity index (χ4v) is 3.68. The molecule has 0 spiro atoms. The molecule has 3 rings (SSSR count). The molecule has 2 N–H and O–H groups in total. The molecule has 0 unspecified atom stereocenters. The van der Waals surface area contributed by atoms with Crippen LogP contribution < -0.4 is 14.8 Å². The molecule has 0 fully saturated rings. The van der Waals surface area contributed by atoms with E-state index < -0.39 is 6.10 Å². The van der Waals surface area contributed by atoms with E-state index in [4.69, 9.17) is 9.47 Å². The number of aliphatic hydroxyl groups excluding tert-OH is 1. The monoisotopic (exact) mass is 434 g/mol. The molecule has 170 valence electrons. The maximum Gasteiger partial charge on any atom is 0.161 e. The lowest BCUT2D eigenvalue weighted by Gasteiger charge is -2.21. The van der Waals surface area contributed by atoms with Gasteiger partial charge in [0.25, 0.3) is 0 Å². The summed E-state index contributed by atoms with van der Waals surface area (Å²) in [7, 11) is 3.62. The minimum Gasteiger partial charge on any atom is -0.493 e. The fraction of sp³-hybridized carbons (Fsp3) is 0.333. The Hall–Kier alpha value is -2.86. The minimum absolute atomic E-state index is 0.204. The molecule has 0 heterocycles. The Bertz CT molecular complexity index is 962. The molecule has 3 aromatic carbocycles. The first-order valence-electron chi connectivity index (χ1n) is 11.0. The Morgan fingerprint density at radius 1 is 0.875 bits per heavy atom. The number of aliphatic hydroxyl groups is 1. The SMILES string of the molecule is COc1ccc(CNCc2cccc(C)c2)cc1OC[C@H](O)CN(C)Cc1ccccc1. The van der Waals surface area contributed by atoms with E-state index in [9.17, 15) is 5.11 Å². The van der Waals surface area contributed by atoms with Crippen molar-refractivity contribution >= 4 is 0 Å². The number of rotatable bonds is 12. The van der Waals surface area contributed by atoms with Gasteiger partial charge in [0.2, 0.25) is 0 Å². The van der Waals surface area contributed by atoms with Crippen LogP contribution in [0.2, 0.25) is 0 Å². The van der Waals surface area contributed by atoms with E-state index in [0.717, 1.165) is 25.2 Å². The third-order valence-corrected chi connectivity index (χ3v) is 5.22. The second-order valence-corrected chi connectivity index (χ2v) is 8.22. The van der Waals surface area contributed by atoms with Crippen LogP contribution in [0.15, 0.2) is 72.8 Å². The Balaban J connectivity index is 1.49. The molecule has 0 saturated carbocycles. The van der Waals surface area contributed by atoms with Crippen LogP contribution in [-0.2, 0) is 19.6 Å². The van der Waals surface area contributed by atoms with Crippen molar-refractivity contribution in [3.05, 3.63) is 95.1 Å². The summed E-state index contributed by atoms with van der Waals surface area (Å²) >= 11 is 0. The largest absolute Gasteiger partial charge is 0.493 e. The Morgan fingerprint density at radius 2 is 1.59 bits per heavy atom. The van der Waals surface area contributed by atoms with E-state index in [-0.39, 0.29) is 6.61 Å². The normalized spacial score (nSPS) is 12.0. The lowest BCUT2D eigenvalue weighted by Crippen LogP contribution is -2.32. The van der Waals surface area contributed by atoms with Gasteiger partial charge in [-0.2, -0.15) is 0 Å². The summed E-state index contributed by atoms with van der Waals surface area (Å²) in [5.74, 6) is 1.31. The molecule has 0 saturated heterocycles. The Morgan fingerprint density at radius 3 is 2.31 bits per heavy atom. The highest BCUT2D eigenvalue weighted by Crippen LogP contribution is 2.28. The maximum atomic E-state index is 10.5. The second kappa shape index (κ2) is 12.2. The molecular weight excluding hydrogens is 400 g/mol. The Labute approximate surface area is 191 Å². The second-order valence-electron chi connectivity index (χ2n) is 8.22. The summed E-state index contributed by atoms with van der Waals surface area (Å²) in [6, 6.07) is 24.6. The lowest BCUT2D eigenvalue weighted by atomic mass is 10.1. The lowest BCUT2D eigenvalue weighted by molar-refractivity contribution is 0.0732. The first-order valence-corrected chi connectivity index (χ1v) is 11.0. The van der Waals surface area contributed by atoms with Gasteiger partial charge in [0.05, 0.1) is 7.11 Å². The molecule has 5 heteroatoms. The summed E-state index contributed by atoms with van der Waals surface area (Å²) < 4.78 is 11.4. The van der Waals surface area contributed by atoms with Gasteiger partial charge >= 0.3 is 0 Å². The molecule has 0 aliphatic carbocycles. The van der Waals surface area contributed by atoms with Gasteiger partial charge in [-0.3, -0.25) is 4.90 Å². The van der Waals surface area contributed by atoms with Gasteiger partial charge in [0, 0.05) is 26.2 Å². The summed E-state index contributed by atoms with van der Waals surface area (Å²) in [4.78, 5) is 2.09. The standard InChI is InChI=1S/C27H34N2O3/c1-21-8-7-11-23(14-21)16-28-17-24-12-13-26(31-3)27(15-24)32-20-25(30)19-29(2)18-22-9-5-4-6-10-22/h4-15,25,28,30H,16-20H2,1-3H3/t25-/m1/s1. The van der Waals surface area contributed by atoms with Crippen molar-refractivity contribution in [3.63, 3.8) is 0 Å². The summed E-state index contributed by atoms with van der Waals surface area (Å²) in [5, 5.41) is 13.9. The van der Waals surface area contributed by atoms with Crippen LogP contribution in [0, 0.1) is 6.92 Å². The first kappa shape index (κ1) is 23.8. The molecule has 5 nitrogen and oxygen atoms in total. The quantitative estimate of drug-likeness (QED) is 0.448. The van der Waals surface area contributed by atoms with Crippen molar-refractivity contribution in [2.24, 2.45) is 0 Å². The van der Waals surface area contributed by atoms with Crippen LogP contribution in [0.5, 0.6) is 11.5 Å². The van der Waals surface area contributed by atoms with Crippen molar-refractivity contribution in [1.82, 2.24) is 10.2 Å². The number of likely N-dealkylation sites (N-methyl/N-ethyl adjacent to an activating group) is 1. The van der Waals surface area contributed by atoms with E-state index in [1.54, 1.807) is 7.11 Å². The van der Waals surface area contributed by atoms with Crippen LogP contribution in [-0.4, -0.2) is 43.4 Å². The van der Waals surface area contributed by atoms with Crippen LogP contribution in [0.4, 0.5) is 0 Å². The van der Waals surface area contributed by atoms with Gasteiger partial charge in [-0.1, -0.05) is 66.2 Å². The highest BCUT2D eigenvalue weighted by molar-refractivity contribution is 5.43. The van der Waals surface area contributed by atoms with E-state index in [1.807, 2.05) is 43.4 Å².